The van der Waals surface area contributed by atoms with E-state index in [1.807, 2.05) is 18.2 Å². The molecular weight excluding hydrogens is 382 g/mol. The molecular formula is C19H27N3O5S. The number of hydrogen-bond donors (Lipinski definition) is 1. The van der Waals surface area contributed by atoms with Crippen molar-refractivity contribution < 1.29 is 22.7 Å². The van der Waals surface area contributed by atoms with Gasteiger partial charge in [0.25, 0.3) is 0 Å². The molecule has 28 heavy (non-hydrogen) atoms. The molecule has 2 heterocycles. The van der Waals surface area contributed by atoms with Gasteiger partial charge in [0.15, 0.2) is 0 Å². The lowest BCUT2D eigenvalue weighted by molar-refractivity contribution is -0.134. The second-order valence-electron chi connectivity index (χ2n) is 7.44. The van der Waals surface area contributed by atoms with Gasteiger partial charge in [-0.3, -0.25) is 9.59 Å². The highest BCUT2D eigenvalue weighted by atomic mass is 32.2. The fraction of sp³-hybridized carbons (Fsp3) is 0.579. The first-order valence-electron chi connectivity index (χ1n) is 9.51. The molecule has 0 aromatic heterocycles. The number of rotatable bonds is 5. The van der Waals surface area contributed by atoms with E-state index in [9.17, 15) is 18.0 Å². The number of piperidine rings is 1. The summed E-state index contributed by atoms with van der Waals surface area (Å²) >= 11 is 0. The molecule has 0 unspecified atom stereocenters. The maximum atomic E-state index is 12.5. The second-order valence-corrected chi connectivity index (χ2v) is 9.43. The van der Waals surface area contributed by atoms with Crippen LogP contribution in [0.5, 0.6) is 5.75 Å². The summed E-state index contributed by atoms with van der Waals surface area (Å²) in [4.78, 5) is 25.5. The van der Waals surface area contributed by atoms with Crippen LogP contribution in [0.1, 0.15) is 30.4 Å². The summed E-state index contributed by atoms with van der Waals surface area (Å²) in [5.41, 5.74) is 7.12. The molecule has 154 valence electrons. The van der Waals surface area contributed by atoms with Gasteiger partial charge in [-0.1, -0.05) is 12.1 Å². The summed E-state index contributed by atoms with van der Waals surface area (Å²) in [6.07, 6.45) is 3.39. The molecule has 2 aliphatic heterocycles. The van der Waals surface area contributed by atoms with Crippen molar-refractivity contribution in [3.05, 3.63) is 29.3 Å². The predicted octanol–water partition coefficient (Wildman–Crippen LogP) is 0.497. The third-order valence-electron chi connectivity index (χ3n) is 5.42. The van der Waals surface area contributed by atoms with Crippen molar-refractivity contribution in [2.45, 2.75) is 32.2 Å². The maximum absolute atomic E-state index is 12.5. The van der Waals surface area contributed by atoms with Crippen LogP contribution in [-0.4, -0.2) is 61.9 Å². The molecule has 3 rings (SSSR count). The fourth-order valence-electron chi connectivity index (χ4n) is 3.69. The largest absolute Gasteiger partial charge is 0.492 e. The zero-order chi connectivity index (χ0) is 20.3. The van der Waals surface area contributed by atoms with E-state index in [4.69, 9.17) is 10.5 Å². The maximum Gasteiger partial charge on any atom is 0.222 e. The number of ether oxygens (including phenoxy) is 1. The van der Waals surface area contributed by atoms with Gasteiger partial charge < -0.3 is 15.4 Å². The topological polar surface area (TPSA) is 110 Å². The Morgan fingerprint density at radius 1 is 1.21 bits per heavy atom. The first kappa shape index (κ1) is 20.6. The zero-order valence-electron chi connectivity index (χ0n) is 16.1. The van der Waals surface area contributed by atoms with E-state index in [2.05, 4.69) is 0 Å². The van der Waals surface area contributed by atoms with E-state index in [1.54, 1.807) is 4.90 Å². The molecule has 8 nitrogen and oxygen atoms in total. The number of fused-ring (bicyclic) bond motifs is 1. The number of benzene rings is 1. The van der Waals surface area contributed by atoms with Gasteiger partial charge in [-0.15, -0.1) is 0 Å². The Hall–Kier alpha value is -2.13. The average Bonchev–Trinajstić information content (AvgIpc) is 2.88. The van der Waals surface area contributed by atoms with Gasteiger partial charge in [0.1, 0.15) is 12.4 Å². The van der Waals surface area contributed by atoms with Gasteiger partial charge in [-0.25, -0.2) is 8.42 Å². The summed E-state index contributed by atoms with van der Waals surface area (Å²) in [7, 11) is -3.30. The number of aryl methyl sites for hydroxylation is 1. The Morgan fingerprint density at radius 3 is 2.57 bits per heavy atom. The van der Waals surface area contributed by atoms with Gasteiger partial charge in [0.05, 0.1) is 6.26 Å². The van der Waals surface area contributed by atoms with Crippen molar-refractivity contribution in [3.63, 3.8) is 0 Å². The monoisotopic (exact) mass is 409 g/mol. The van der Waals surface area contributed by atoms with Gasteiger partial charge in [-0.05, 0) is 30.9 Å². The molecule has 0 spiro atoms. The quantitative estimate of drug-likeness (QED) is 0.761. The normalized spacial score (nSPS) is 18.8. The van der Waals surface area contributed by atoms with Crippen molar-refractivity contribution in [1.82, 2.24) is 9.21 Å². The summed E-state index contributed by atoms with van der Waals surface area (Å²) in [5, 5.41) is 0. The van der Waals surface area contributed by atoms with Crippen LogP contribution in [0.15, 0.2) is 18.2 Å². The number of amides is 2. The summed E-state index contributed by atoms with van der Waals surface area (Å²) in [6.45, 7) is 2.04. The molecule has 2 aliphatic rings. The number of hydrogen-bond acceptors (Lipinski definition) is 5. The zero-order valence-corrected chi connectivity index (χ0v) is 16.9. The van der Waals surface area contributed by atoms with Crippen LogP contribution in [0.25, 0.3) is 0 Å². The van der Waals surface area contributed by atoms with Gasteiger partial charge >= 0.3 is 0 Å². The van der Waals surface area contributed by atoms with Crippen LogP contribution in [-0.2, 0) is 32.6 Å². The Kier molecular flexibility index (Phi) is 6.24. The van der Waals surface area contributed by atoms with E-state index in [0.29, 0.717) is 57.7 Å². The van der Waals surface area contributed by atoms with E-state index in [-0.39, 0.29) is 24.3 Å². The van der Waals surface area contributed by atoms with E-state index in [0.717, 1.165) is 11.1 Å². The van der Waals surface area contributed by atoms with Gasteiger partial charge in [-0.2, -0.15) is 4.31 Å². The first-order chi connectivity index (χ1) is 13.2. The molecule has 1 aromatic rings. The van der Waals surface area contributed by atoms with Gasteiger partial charge in [0.2, 0.25) is 21.8 Å². The van der Waals surface area contributed by atoms with Crippen molar-refractivity contribution in [2.24, 2.45) is 11.7 Å². The summed E-state index contributed by atoms with van der Waals surface area (Å²) in [6, 6.07) is 5.69. The highest BCUT2D eigenvalue weighted by Gasteiger charge is 2.26. The van der Waals surface area contributed by atoms with Crippen molar-refractivity contribution in [2.75, 3.05) is 32.5 Å². The Morgan fingerprint density at radius 2 is 1.93 bits per heavy atom. The smallest absolute Gasteiger partial charge is 0.222 e. The van der Waals surface area contributed by atoms with Gasteiger partial charge in [0, 0.05) is 44.1 Å². The number of primary amides is 1. The highest BCUT2D eigenvalue weighted by molar-refractivity contribution is 7.88. The highest BCUT2D eigenvalue weighted by Crippen LogP contribution is 2.26. The van der Waals surface area contributed by atoms with Crippen molar-refractivity contribution >= 4 is 21.8 Å². The molecule has 2 N–H and O–H groups in total. The lowest BCUT2D eigenvalue weighted by atomic mass is 9.96. The number of nitrogens with zero attached hydrogens (tertiary/aromatic N) is 2. The molecule has 0 atom stereocenters. The minimum Gasteiger partial charge on any atom is -0.492 e. The van der Waals surface area contributed by atoms with Crippen LogP contribution in [0.4, 0.5) is 0 Å². The fourth-order valence-corrected chi connectivity index (χ4v) is 4.46. The SMILES string of the molecule is CS(=O)(=O)N1CCOc2ccc(CCC(=O)N3CCC(C(N)=O)CC3)cc2C1. The van der Waals surface area contributed by atoms with E-state index >= 15 is 0 Å². The number of nitrogens with two attached hydrogens (primary N) is 1. The summed E-state index contributed by atoms with van der Waals surface area (Å²) < 4.78 is 30.8. The van der Waals surface area contributed by atoms with Crippen LogP contribution in [0.2, 0.25) is 0 Å². The molecule has 1 saturated heterocycles. The molecule has 0 aliphatic carbocycles. The third-order valence-corrected chi connectivity index (χ3v) is 6.67. The van der Waals surface area contributed by atoms with Crippen LogP contribution >= 0.6 is 0 Å². The molecule has 0 radical (unpaired) electrons. The Balaban J connectivity index is 1.59. The minimum absolute atomic E-state index is 0.0619. The van der Waals surface area contributed by atoms with Crippen molar-refractivity contribution in [3.8, 4) is 5.75 Å². The van der Waals surface area contributed by atoms with E-state index < -0.39 is 10.0 Å². The number of sulfonamides is 1. The number of likely N-dealkylation sites (tertiary alicyclic amines) is 1. The second kappa shape index (κ2) is 8.48. The molecule has 2 amide bonds. The van der Waals surface area contributed by atoms with Crippen LogP contribution in [0.3, 0.4) is 0 Å². The van der Waals surface area contributed by atoms with E-state index in [1.165, 1.54) is 10.6 Å². The molecule has 1 aromatic carbocycles. The van der Waals surface area contributed by atoms with Crippen LogP contribution in [0, 0.1) is 5.92 Å². The lowest BCUT2D eigenvalue weighted by Crippen LogP contribution is -2.41. The average molecular weight is 410 g/mol. The Labute approximate surface area is 165 Å². The van der Waals surface area contributed by atoms with Crippen LogP contribution < -0.4 is 10.5 Å². The standard InChI is InChI=1S/C19H27N3O5S/c1-28(25,26)22-10-11-27-17-4-2-14(12-16(17)13-22)3-5-18(23)21-8-6-15(7-9-21)19(20)24/h2,4,12,15H,3,5-11,13H2,1H3,(H2,20,24). The van der Waals surface area contributed by atoms with Crippen molar-refractivity contribution in [1.29, 1.82) is 0 Å². The molecule has 1 fully saturated rings. The minimum atomic E-state index is -3.30. The number of carbonyl (C=O) groups is 2. The first-order valence-corrected chi connectivity index (χ1v) is 11.4. The third kappa shape index (κ3) is 5.02. The lowest BCUT2D eigenvalue weighted by Gasteiger charge is -2.30. The Bertz CT molecular complexity index is 847. The summed E-state index contributed by atoms with van der Waals surface area (Å²) in [5.74, 6) is 0.329. The number of carbonyl (C=O) groups excluding carboxylic acids is 2. The molecule has 9 heteroatoms. The molecule has 0 saturated carbocycles. The predicted molar refractivity (Wildman–Crippen MR) is 104 cm³/mol. The molecule has 0 bridgehead atoms.